The fraction of sp³-hybridized carbons (Fsp3) is 0.579. The predicted octanol–water partition coefficient (Wildman–Crippen LogP) is 3.78. The van der Waals surface area contributed by atoms with Gasteiger partial charge in [-0.05, 0) is 70.1 Å². The monoisotopic (exact) mass is 383 g/mol. The number of rotatable bonds is 9. The van der Waals surface area contributed by atoms with Crippen molar-refractivity contribution in [3.05, 3.63) is 29.3 Å². The normalized spacial score (nSPS) is 12.3. The average molecular weight is 384 g/mol. The molecule has 1 aromatic rings. The van der Waals surface area contributed by atoms with Crippen LogP contribution in [-0.2, 0) is 9.53 Å². The summed E-state index contributed by atoms with van der Waals surface area (Å²) in [5.41, 5.74) is 1.66. The molecule has 1 amide bonds. The Kier molecular flexibility index (Phi) is 8.78. The van der Waals surface area contributed by atoms with Crippen LogP contribution in [0.15, 0.2) is 18.2 Å². The lowest BCUT2D eigenvalue weighted by molar-refractivity contribution is -0.138. The van der Waals surface area contributed by atoms with E-state index in [4.69, 9.17) is 9.47 Å². The number of hydrogen-bond donors (Lipinski definition) is 2. The van der Waals surface area contributed by atoms with Gasteiger partial charge in [-0.25, -0.2) is 9.59 Å². The molecule has 1 atom stereocenters. The Hall–Kier alpha value is -1.89. The largest absolute Gasteiger partial charge is 0.494 e. The highest BCUT2D eigenvalue weighted by molar-refractivity contribution is 7.99. The van der Waals surface area contributed by atoms with Gasteiger partial charge in [-0.15, -0.1) is 0 Å². The number of aliphatic carboxylic acids is 1. The first kappa shape index (κ1) is 22.2. The third-order valence-corrected chi connectivity index (χ3v) is 4.32. The number of benzene rings is 1. The highest BCUT2D eigenvalue weighted by Gasteiger charge is 2.23. The van der Waals surface area contributed by atoms with Crippen molar-refractivity contribution in [1.29, 1.82) is 0 Å². The van der Waals surface area contributed by atoms with E-state index >= 15 is 0 Å². The van der Waals surface area contributed by atoms with Gasteiger partial charge in [-0.3, -0.25) is 0 Å². The molecule has 0 spiro atoms. The molecule has 0 bridgehead atoms. The standard InChI is InChI=1S/C19H29NO5S/c1-13-9-14(2)11-15(10-13)24-7-6-8-26-12-16(17(21)22)20-18(23)25-19(3,4)5/h9-11,16H,6-8,12H2,1-5H3,(H,20,23)(H,21,22). The molecule has 1 rings (SSSR count). The maximum Gasteiger partial charge on any atom is 0.408 e. The number of carboxylic acid groups (broad SMARTS) is 1. The summed E-state index contributed by atoms with van der Waals surface area (Å²) < 4.78 is 10.8. The van der Waals surface area contributed by atoms with E-state index in [0.717, 1.165) is 29.1 Å². The fourth-order valence-electron chi connectivity index (χ4n) is 2.19. The molecule has 1 unspecified atom stereocenters. The van der Waals surface area contributed by atoms with Crippen LogP contribution in [0.2, 0.25) is 0 Å². The zero-order valence-electron chi connectivity index (χ0n) is 16.1. The van der Waals surface area contributed by atoms with E-state index in [1.165, 1.54) is 11.8 Å². The summed E-state index contributed by atoms with van der Waals surface area (Å²) in [6.45, 7) is 9.80. The molecule has 0 saturated heterocycles. The van der Waals surface area contributed by atoms with Crippen molar-refractivity contribution in [3.63, 3.8) is 0 Å². The van der Waals surface area contributed by atoms with Crippen LogP contribution in [0.3, 0.4) is 0 Å². The van der Waals surface area contributed by atoms with Gasteiger partial charge in [0.2, 0.25) is 0 Å². The van der Waals surface area contributed by atoms with Crippen LogP contribution in [0.1, 0.15) is 38.3 Å². The highest BCUT2D eigenvalue weighted by atomic mass is 32.2. The molecular weight excluding hydrogens is 354 g/mol. The van der Waals surface area contributed by atoms with Gasteiger partial charge in [0, 0.05) is 5.75 Å². The second kappa shape index (κ2) is 10.3. The third kappa shape index (κ3) is 9.56. The van der Waals surface area contributed by atoms with Crippen LogP contribution in [0, 0.1) is 13.8 Å². The lowest BCUT2D eigenvalue weighted by Crippen LogP contribution is -2.45. The molecule has 0 aliphatic heterocycles. The number of carboxylic acids is 1. The molecule has 26 heavy (non-hydrogen) atoms. The molecule has 1 aromatic carbocycles. The van der Waals surface area contributed by atoms with Crippen LogP contribution < -0.4 is 10.1 Å². The Morgan fingerprint density at radius 1 is 1.19 bits per heavy atom. The Balaban J connectivity index is 2.28. The summed E-state index contributed by atoms with van der Waals surface area (Å²) in [5, 5.41) is 11.6. The summed E-state index contributed by atoms with van der Waals surface area (Å²) in [6, 6.07) is 5.10. The second-order valence-corrected chi connectivity index (χ2v) is 8.29. The molecule has 0 saturated carbocycles. The molecule has 0 heterocycles. The minimum Gasteiger partial charge on any atom is -0.494 e. The number of ether oxygens (including phenoxy) is 2. The molecule has 0 aliphatic carbocycles. The van der Waals surface area contributed by atoms with Gasteiger partial charge in [0.15, 0.2) is 0 Å². The zero-order chi connectivity index (χ0) is 19.7. The van der Waals surface area contributed by atoms with E-state index in [1.54, 1.807) is 20.8 Å². The lowest BCUT2D eigenvalue weighted by atomic mass is 10.1. The fourth-order valence-corrected chi connectivity index (χ4v) is 3.14. The van der Waals surface area contributed by atoms with E-state index < -0.39 is 23.7 Å². The Bertz CT molecular complexity index is 592. The first-order chi connectivity index (χ1) is 12.1. The summed E-state index contributed by atoms with van der Waals surface area (Å²) in [4.78, 5) is 23.0. The first-order valence-electron chi connectivity index (χ1n) is 8.58. The average Bonchev–Trinajstić information content (AvgIpc) is 2.46. The maximum absolute atomic E-state index is 11.7. The van der Waals surface area contributed by atoms with Crippen molar-refractivity contribution < 1.29 is 24.2 Å². The van der Waals surface area contributed by atoms with E-state index in [2.05, 4.69) is 11.4 Å². The van der Waals surface area contributed by atoms with Crippen LogP contribution in [0.25, 0.3) is 0 Å². The Morgan fingerprint density at radius 3 is 2.35 bits per heavy atom. The van der Waals surface area contributed by atoms with E-state index in [-0.39, 0.29) is 5.75 Å². The van der Waals surface area contributed by atoms with Gasteiger partial charge in [-0.2, -0.15) is 11.8 Å². The molecule has 2 N–H and O–H groups in total. The molecular formula is C19H29NO5S. The van der Waals surface area contributed by atoms with Gasteiger partial charge < -0.3 is 19.9 Å². The highest BCUT2D eigenvalue weighted by Crippen LogP contribution is 2.17. The molecule has 0 aliphatic rings. The number of carbonyl (C=O) groups is 2. The van der Waals surface area contributed by atoms with Crippen molar-refractivity contribution in [1.82, 2.24) is 5.32 Å². The number of thioether (sulfide) groups is 1. The summed E-state index contributed by atoms with van der Waals surface area (Å²) in [5.74, 6) is 0.792. The van der Waals surface area contributed by atoms with Crippen molar-refractivity contribution >= 4 is 23.8 Å². The van der Waals surface area contributed by atoms with Gasteiger partial charge >= 0.3 is 12.1 Å². The molecule has 7 heteroatoms. The van der Waals surface area contributed by atoms with Gasteiger partial charge in [0.05, 0.1) is 6.61 Å². The zero-order valence-corrected chi connectivity index (χ0v) is 16.9. The Labute approximate surface area is 159 Å². The Morgan fingerprint density at radius 2 is 1.81 bits per heavy atom. The summed E-state index contributed by atoms with van der Waals surface area (Å²) in [6.07, 6.45) is 0.0693. The van der Waals surface area contributed by atoms with E-state index in [9.17, 15) is 14.7 Å². The molecule has 0 radical (unpaired) electrons. The quantitative estimate of drug-likeness (QED) is 0.631. The molecule has 146 valence electrons. The minimum absolute atomic E-state index is 0.276. The van der Waals surface area contributed by atoms with Crippen molar-refractivity contribution in [2.24, 2.45) is 0 Å². The van der Waals surface area contributed by atoms with Crippen molar-refractivity contribution in [2.75, 3.05) is 18.1 Å². The first-order valence-corrected chi connectivity index (χ1v) is 9.73. The van der Waals surface area contributed by atoms with E-state index in [0.29, 0.717) is 6.61 Å². The minimum atomic E-state index is -1.07. The smallest absolute Gasteiger partial charge is 0.408 e. The number of alkyl carbamates (subject to hydrolysis) is 1. The van der Waals surface area contributed by atoms with Gasteiger partial charge in [-0.1, -0.05) is 6.07 Å². The number of hydrogen-bond acceptors (Lipinski definition) is 5. The lowest BCUT2D eigenvalue weighted by Gasteiger charge is -2.21. The third-order valence-electron chi connectivity index (χ3n) is 3.17. The molecule has 6 nitrogen and oxygen atoms in total. The number of nitrogens with one attached hydrogen (secondary N) is 1. The van der Waals surface area contributed by atoms with Crippen LogP contribution >= 0.6 is 11.8 Å². The molecule has 0 aromatic heterocycles. The number of carbonyl (C=O) groups excluding carboxylic acids is 1. The summed E-state index contributed by atoms with van der Waals surface area (Å²) >= 11 is 1.46. The number of amides is 1. The topological polar surface area (TPSA) is 84.9 Å². The predicted molar refractivity (Wildman–Crippen MR) is 104 cm³/mol. The van der Waals surface area contributed by atoms with Crippen LogP contribution in [0.4, 0.5) is 4.79 Å². The van der Waals surface area contributed by atoms with Crippen LogP contribution in [0.5, 0.6) is 5.75 Å². The summed E-state index contributed by atoms with van der Waals surface area (Å²) in [7, 11) is 0. The van der Waals surface area contributed by atoms with Crippen LogP contribution in [-0.4, -0.2) is 46.9 Å². The van der Waals surface area contributed by atoms with E-state index in [1.807, 2.05) is 26.0 Å². The maximum atomic E-state index is 11.7. The SMILES string of the molecule is Cc1cc(C)cc(OCCCSCC(NC(=O)OC(C)(C)C)C(=O)O)c1. The van der Waals surface area contributed by atoms with Gasteiger partial charge in [0.25, 0.3) is 0 Å². The molecule has 0 fully saturated rings. The number of aryl methyl sites for hydroxylation is 2. The van der Waals surface area contributed by atoms with Gasteiger partial charge in [0.1, 0.15) is 17.4 Å². The second-order valence-electron chi connectivity index (χ2n) is 7.14. The van der Waals surface area contributed by atoms with Crippen molar-refractivity contribution in [2.45, 2.75) is 52.7 Å². The van der Waals surface area contributed by atoms with Crippen molar-refractivity contribution in [3.8, 4) is 5.75 Å².